The van der Waals surface area contributed by atoms with Crippen LogP contribution >= 0.6 is 11.6 Å². The predicted molar refractivity (Wildman–Crippen MR) is 67.5 cm³/mol. The summed E-state index contributed by atoms with van der Waals surface area (Å²) in [5.74, 6) is -1.00. The fraction of sp³-hybridized carbons (Fsp3) is 0.385. The lowest BCUT2D eigenvalue weighted by atomic mass is 10.1. The number of hydrogen-bond acceptors (Lipinski definition) is 2. The molecule has 2 rings (SSSR count). The minimum Gasteiger partial charge on any atom is -0.481 e. The molecule has 4 nitrogen and oxygen atoms in total. The van der Waals surface area contributed by atoms with E-state index in [1.807, 2.05) is 6.07 Å². The van der Waals surface area contributed by atoms with Gasteiger partial charge in [0.05, 0.1) is 11.8 Å². The first-order chi connectivity index (χ1) is 8.52. The van der Waals surface area contributed by atoms with Crippen molar-refractivity contribution >= 4 is 23.5 Å². The lowest BCUT2D eigenvalue weighted by molar-refractivity contribution is -0.143. The van der Waals surface area contributed by atoms with Gasteiger partial charge in [-0.15, -0.1) is 0 Å². The average molecular weight is 268 g/mol. The zero-order valence-corrected chi connectivity index (χ0v) is 10.5. The molecule has 0 unspecified atom stereocenters. The molecule has 1 aromatic rings. The Balaban J connectivity index is 1.84. The van der Waals surface area contributed by atoms with Crippen molar-refractivity contribution in [3.8, 4) is 0 Å². The fourth-order valence-corrected chi connectivity index (χ4v) is 1.99. The van der Waals surface area contributed by atoms with Crippen LogP contribution in [0.15, 0.2) is 24.3 Å². The van der Waals surface area contributed by atoms with Crippen molar-refractivity contribution in [1.82, 2.24) is 5.32 Å². The quantitative estimate of drug-likeness (QED) is 0.856. The fourth-order valence-electron chi connectivity index (χ4n) is 1.78. The highest BCUT2D eigenvalue weighted by molar-refractivity contribution is 6.30. The summed E-state index contributed by atoms with van der Waals surface area (Å²) in [7, 11) is 0. The number of rotatable bonds is 5. The molecule has 1 aliphatic carbocycles. The Morgan fingerprint density at radius 3 is 2.67 bits per heavy atom. The minimum absolute atomic E-state index is 0.176. The molecule has 1 amide bonds. The van der Waals surface area contributed by atoms with Crippen LogP contribution in [0, 0.1) is 5.41 Å². The summed E-state index contributed by atoms with van der Waals surface area (Å²) < 4.78 is 0. The van der Waals surface area contributed by atoms with Crippen molar-refractivity contribution in [2.45, 2.75) is 19.3 Å². The third kappa shape index (κ3) is 3.01. The Morgan fingerprint density at radius 2 is 2.11 bits per heavy atom. The van der Waals surface area contributed by atoms with Gasteiger partial charge in [0.1, 0.15) is 0 Å². The molecule has 2 N–H and O–H groups in total. The molecular weight excluding hydrogens is 254 g/mol. The van der Waals surface area contributed by atoms with Gasteiger partial charge in [0.2, 0.25) is 5.91 Å². The van der Waals surface area contributed by atoms with Crippen molar-refractivity contribution in [3.63, 3.8) is 0 Å². The van der Waals surface area contributed by atoms with Crippen molar-refractivity contribution in [3.05, 3.63) is 34.9 Å². The SMILES string of the molecule is O=C(Cc1cccc(Cl)c1)NCC1(C(=O)O)CC1. The van der Waals surface area contributed by atoms with Gasteiger partial charge in [-0.05, 0) is 30.5 Å². The Kier molecular flexibility index (Phi) is 3.57. The highest BCUT2D eigenvalue weighted by Gasteiger charge is 2.50. The largest absolute Gasteiger partial charge is 0.481 e. The summed E-state index contributed by atoms with van der Waals surface area (Å²) in [6.07, 6.45) is 1.50. The molecule has 1 aromatic carbocycles. The average Bonchev–Trinajstić information content (AvgIpc) is 3.07. The van der Waals surface area contributed by atoms with Crippen molar-refractivity contribution in [2.75, 3.05) is 6.54 Å². The van der Waals surface area contributed by atoms with Gasteiger partial charge in [0, 0.05) is 11.6 Å². The Hall–Kier alpha value is -1.55. The van der Waals surface area contributed by atoms with E-state index in [2.05, 4.69) is 5.32 Å². The molecule has 18 heavy (non-hydrogen) atoms. The second kappa shape index (κ2) is 4.98. The molecule has 0 heterocycles. The Bertz CT molecular complexity index is 483. The molecule has 0 aromatic heterocycles. The molecule has 1 fully saturated rings. The first-order valence-corrected chi connectivity index (χ1v) is 6.14. The lowest BCUT2D eigenvalue weighted by Crippen LogP contribution is -2.35. The Labute approximate surface area is 110 Å². The number of amides is 1. The summed E-state index contributed by atoms with van der Waals surface area (Å²) in [5.41, 5.74) is 0.101. The molecule has 1 saturated carbocycles. The summed E-state index contributed by atoms with van der Waals surface area (Å²) >= 11 is 5.82. The Morgan fingerprint density at radius 1 is 1.39 bits per heavy atom. The van der Waals surface area contributed by atoms with E-state index in [0.717, 1.165) is 5.56 Å². The number of carbonyl (C=O) groups excluding carboxylic acids is 1. The van der Waals surface area contributed by atoms with Crippen molar-refractivity contribution in [1.29, 1.82) is 0 Å². The molecule has 0 saturated heterocycles. The van der Waals surface area contributed by atoms with Crippen LogP contribution in [0.4, 0.5) is 0 Å². The van der Waals surface area contributed by atoms with Gasteiger partial charge in [-0.25, -0.2) is 0 Å². The lowest BCUT2D eigenvalue weighted by Gasteiger charge is -2.11. The first-order valence-electron chi connectivity index (χ1n) is 5.76. The maximum atomic E-state index is 11.7. The maximum absolute atomic E-state index is 11.7. The van der Waals surface area contributed by atoms with Gasteiger partial charge in [0.15, 0.2) is 0 Å². The third-order valence-electron chi connectivity index (χ3n) is 3.18. The number of carbonyl (C=O) groups is 2. The zero-order valence-electron chi connectivity index (χ0n) is 9.78. The molecule has 96 valence electrons. The van der Waals surface area contributed by atoms with Crippen LogP contribution in [0.1, 0.15) is 18.4 Å². The summed E-state index contributed by atoms with van der Waals surface area (Å²) in [6, 6.07) is 7.07. The van der Waals surface area contributed by atoms with Crippen molar-refractivity contribution in [2.24, 2.45) is 5.41 Å². The number of nitrogens with one attached hydrogen (secondary N) is 1. The number of benzene rings is 1. The molecule has 0 aliphatic heterocycles. The summed E-state index contributed by atoms with van der Waals surface area (Å²) in [5, 5.41) is 12.2. The van der Waals surface area contributed by atoms with Crippen LogP contribution in [0.25, 0.3) is 0 Å². The number of carboxylic acid groups (broad SMARTS) is 1. The highest BCUT2D eigenvalue weighted by atomic mass is 35.5. The monoisotopic (exact) mass is 267 g/mol. The topological polar surface area (TPSA) is 66.4 Å². The smallest absolute Gasteiger partial charge is 0.311 e. The minimum atomic E-state index is -0.828. The zero-order chi connectivity index (χ0) is 13.2. The predicted octanol–water partition coefficient (Wildman–Crippen LogP) is 1.86. The second-order valence-electron chi connectivity index (χ2n) is 4.67. The molecule has 5 heteroatoms. The number of halogens is 1. The second-order valence-corrected chi connectivity index (χ2v) is 5.11. The summed E-state index contributed by atoms with van der Waals surface area (Å²) in [6.45, 7) is 0.210. The van der Waals surface area contributed by atoms with Crippen LogP contribution < -0.4 is 5.32 Å². The van der Waals surface area contributed by atoms with Crippen molar-refractivity contribution < 1.29 is 14.7 Å². The van der Waals surface area contributed by atoms with E-state index in [1.165, 1.54) is 0 Å². The number of carboxylic acids is 1. The molecule has 0 spiro atoms. The van der Waals surface area contributed by atoms with E-state index in [9.17, 15) is 9.59 Å². The van der Waals surface area contributed by atoms with Crippen LogP contribution in [0.5, 0.6) is 0 Å². The van der Waals surface area contributed by atoms with Gasteiger partial charge < -0.3 is 10.4 Å². The molecule has 0 bridgehead atoms. The summed E-state index contributed by atoms with van der Waals surface area (Å²) in [4.78, 5) is 22.6. The van der Waals surface area contributed by atoms with E-state index >= 15 is 0 Å². The molecule has 0 radical (unpaired) electrons. The maximum Gasteiger partial charge on any atom is 0.311 e. The van der Waals surface area contributed by atoms with E-state index in [1.54, 1.807) is 18.2 Å². The van der Waals surface area contributed by atoms with Crippen LogP contribution in [-0.2, 0) is 16.0 Å². The highest BCUT2D eigenvalue weighted by Crippen LogP contribution is 2.45. The van der Waals surface area contributed by atoms with E-state index in [4.69, 9.17) is 16.7 Å². The van der Waals surface area contributed by atoms with Crippen LogP contribution in [0.3, 0.4) is 0 Å². The van der Waals surface area contributed by atoms with Gasteiger partial charge in [-0.2, -0.15) is 0 Å². The third-order valence-corrected chi connectivity index (χ3v) is 3.42. The number of hydrogen-bond donors (Lipinski definition) is 2. The van der Waals surface area contributed by atoms with Crippen LogP contribution in [0.2, 0.25) is 5.02 Å². The van der Waals surface area contributed by atoms with Gasteiger partial charge in [-0.3, -0.25) is 9.59 Å². The molecule has 1 aliphatic rings. The van der Waals surface area contributed by atoms with Gasteiger partial charge in [0.25, 0.3) is 0 Å². The molecular formula is C13H14ClNO3. The van der Waals surface area contributed by atoms with Crippen LogP contribution in [-0.4, -0.2) is 23.5 Å². The normalized spacial score (nSPS) is 16.1. The standard InChI is InChI=1S/C13H14ClNO3/c14-10-3-1-2-9(6-10)7-11(16)15-8-13(4-5-13)12(17)18/h1-3,6H,4-5,7-8H2,(H,15,16)(H,17,18). The molecule has 0 atom stereocenters. The number of aliphatic carboxylic acids is 1. The first kappa shape index (κ1) is 12.9. The van der Waals surface area contributed by atoms with E-state index < -0.39 is 11.4 Å². The van der Waals surface area contributed by atoms with Gasteiger partial charge >= 0.3 is 5.97 Å². The van der Waals surface area contributed by atoms with E-state index in [0.29, 0.717) is 17.9 Å². The van der Waals surface area contributed by atoms with Gasteiger partial charge in [-0.1, -0.05) is 23.7 Å². The van der Waals surface area contributed by atoms with E-state index in [-0.39, 0.29) is 18.9 Å².